The zero-order valence-corrected chi connectivity index (χ0v) is 13.7. The van der Waals surface area contributed by atoms with E-state index in [0.29, 0.717) is 5.41 Å². The summed E-state index contributed by atoms with van der Waals surface area (Å²) in [5, 5.41) is 0.776. The number of pyridine rings is 1. The van der Waals surface area contributed by atoms with E-state index in [-0.39, 0.29) is 5.41 Å². The first-order valence-corrected chi connectivity index (χ1v) is 8.03. The highest BCUT2D eigenvalue weighted by Gasteiger charge is 2.38. The molecule has 3 heteroatoms. The van der Waals surface area contributed by atoms with Crippen molar-refractivity contribution < 1.29 is 0 Å². The maximum absolute atomic E-state index is 6.26. The Bertz CT molecular complexity index is 443. The molecule has 0 aliphatic heterocycles. The summed E-state index contributed by atoms with van der Waals surface area (Å²) < 4.78 is 0. The molecule has 20 heavy (non-hydrogen) atoms. The van der Waals surface area contributed by atoms with Crippen LogP contribution in [0.2, 0.25) is 5.02 Å². The fourth-order valence-corrected chi connectivity index (χ4v) is 3.69. The van der Waals surface area contributed by atoms with Crippen LogP contribution in [0.1, 0.15) is 52.0 Å². The number of halogens is 1. The number of nitrogens with zero attached hydrogens (tertiary/aromatic N) is 1. The predicted molar refractivity (Wildman–Crippen MR) is 85.9 cm³/mol. The van der Waals surface area contributed by atoms with Crippen LogP contribution >= 0.6 is 11.6 Å². The Hall–Kier alpha value is -0.600. The second-order valence-corrected chi connectivity index (χ2v) is 7.90. The number of hydrogen-bond acceptors (Lipinski definition) is 2. The number of rotatable bonds is 3. The zero-order valence-electron chi connectivity index (χ0n) is 13.0. The van der Waals surface area contributed by atoms with Gasteiger partial charge in [-0.05, 0) is 67.0 Å². The smallest absolute Gasteiger partial charge is 0.0621 e. The fourth-order valence-electron chi connectivity index (χ4n) is 3.50. The van der Waals surface area contributed by atoms with Crippen LogP contribution < -0.4 is 5.73 Å². The first kappa shape index (κ1) is 15.8. The summed E-state index contributed by atoms with van der Waals surface area (Å²) in [5.41, 5.74) is 7.97. The minimum Gasteiger partial charge on any atom is -0.330 e. The molecule has 112 valence electrons. The lowest BCUT2D eigenvalue weighted by Crippen LogP contribution is -2.39. The molecule has 1 aliphatic carbocycles. The van der Waals surface area contributed by atoms with Crippen molar-refractivity contribution in [1.82, 2.24) is 4.98 Å². The minimum atomic E-state index is 0.229. The molecule has 1 heterocycles. The monoisotopic (exact) mass is 294 g/mol. The summed E-state index contributed by atoms with van der Waals surface area (Å²) >= 11 is 6.26. The van der Waals surface area contributed by atoms with Gasteiger partial charge in [0.1, 0.15) is 0 Å². The first-order valence-electron chi connectivity index (χ1n) is 7.65. The molecule has 0 spiro atoms. The van der Waals surface area contributed by atoms with E-state index in [2.05, 4.69) is 25.8 Å². The van der Waals surface area contributed by atoms with Crippen molar-refractivity contribution in [1.29, 1.82) is 0 Å². The molecule has 1 aromatic rings. The zero-order chi connectivity index (χ0) is 14.8. The summed E-state index contributed by atoms with van der Waals surface area (Å²) in [5.74, 6) is 0.815. The van der Waals surface area contributed by atoms with Crippen molar-refractivity contribution in [3.8, 4) is 0 Å². The Balaban J connectivity index is 2.08. The van der Waals surface area contributed by atoms with Crippen molar-refractivity contribution in [2.24, 2.45) is 22.5 Å². The summed E-state index contributed by atoms with van der Waals surface area (Å²) in [6.45, 7) is 7.81. The maximum atomic E-state index is 6.26. The van der Waals surface area contributed by atoms with Crippen LogP contribution in [-0.4, -0.2) is 11.5 Å². The standard InChI is InChI=1S/C17H27ClN2/c1-16(2,3)14-4-7-17(12-19,8-5-14)10-13-6-9-20-11-15(13)18/h6,9,11,14H,4-5,7-8,10,12,19H2,1-3H3. The average Bonchev–Trinajstić information content (AvgIpc) is 2.41. The van der Waals surface area contributed by atoms with Crippen LogP contribution in [0, 0.1) is 16.7 Å². The van der Waals surface area contributed by atoms with E-state index in [1.54, 1.807) is 6.20 Å². The van der Waals surface area contributed by atoms with Crippen LogP contribution in [0.15, 0.2) is 18.5 Å². The van der Waals surface area contributed by atoms with Gasteiger partial charge < -0.3 is 5.73 Å². The molecular formula is C17H27ClN2. The molecular weight excluding hydrogens is 268 g/mol. The van der Waals surface area contributed by atoms with Gasteiger partial charge in [0.15, 0.2) is 0 Å². The van der Waals surface area contributed by atoms with Crippen LogP contribution in [-0.2, 0) is 6.42 Å². The Morgan fingerprint density at radius 3 is 2.50 bits per heavy atom. The van der Waals surface area contributed by atoms with Gasteiger partial charge >= 0.3 is 0 Å². The molecule has 0 unspecified atom stereocenters. The van der Waals surface area contributed by atoms with Crippen molar-refractivity contribution in [3.63, 3.8) is 0 Å². The predicted octanol–water partition coefficient (Wildman–Crippen LogP) is 4.46. The second kappa shape index (κ2) is 6.03. The lowest BCUT2D eigenvalue weighted by atomic mass is 9.62. The van der Waals surface area contributed by atoms with Crippen LogP contribution in [0.25, 0.3) is 0 Å². The quantitative estimate of drug-likeness (QED) is 0.894. The highest BCUT2D eigenvalue weighted by molar-refractivity contribution is 6.31. The van der Waals surface area contributed by atoms with E-state index in [0.717, 1.165) is 23.9 Å². The van der Waals surface area contributed by atoms with Crippen molar-refractivity contribution in [2.75, 3.05) is 6.54 Å². The molecule has 0 aromatic carbocycles. The van der Waals surface area contributed by atoms with Gasteiger partial charge in [-0.2, -0.15) is 0 Å². The second-order valence-electron chi connectivity index (χ2n) is 7.49. The first-order chi connectivity index (χ1) is 9.36. The third-order valence-electron chi connectivity index (χ3n) is 5.13. The maximum Gasteiger partial charge on any atom is 0.0621 e. The molecule has 2 N–H and O–H groups in total. The third-order valence-corrected chi connectivity index (χ3v) is 5.47. The SMILES string of the molecule is CC(C)(C)C1CCC(CN)(Cc2ccncc2Cl)CC1. The number of hydrogen-bond donors (Lipinski definition) is 1. The van der Waals surface area contributed by atoms with Gasteiger partial charge in [-0.3, -0.25) is 4.98 Å². The van der Waals surface area contributed by atoms with Gasteiger partial charge in [-0.25, -0.2) is 0 Å². The van der Waals surface area contributed by atoms with E-state index in [9.17, 15) is 0 Å². The minimum absolute atomic E-state index is 0.229. The summed E-state index contributed by atoms with van der Waals surface area (Å²) in [6, 6.07) is 2.04. The van der Waals surface area contributed by atoms with Gasteiger partial charge in [0.2, 0.25) is 0 Å². The summed E-state index contributed by atoms with van der Waals surface area (Å²) in [4.78, 5) is 4.07. The van der Waals surface area contributed by atoms with Crippen molar-refractivity contribution in [3.05, 3.63) is 29.0 Å². The lowest BCUT2D eigenvalue weighted by molar-refractivity contribution is 0.0926. The molecule has 0 amide bonds. The van der Waals surface area contributed by atoms with Crippen molar-refractivity contribution in [2.45, 2.75) is 52.9 Å². The van der Waals surface area contributed by atoms with Crippen molar-refractivity contribution >= 4 is 11.6 Å². The van der Waals surface area contributed by atoms with E-state index >= 15 is 0 Å². The largest absolute Gasteiger partial charge is 0.330 e. The lowest BCUT2D eigenvalue weighted by Gasteiger charge is -2.44. The Labute approximate surface area is 128 Å². The van der Waals surface area contributed by atoms with E-state index in [1.165, 1.54) is 31.2 Å². The molecule has 0 radical (unpaired) electrons. The van der Waals surface area contributed by atoms with E-state index in [4.69, 9.17) is 17.3 Å². The Kier molecular flexibility index (Phi) is 4.76. The van der Waals surface area contributed by atoms with Crippen LogP contribution in [0.5, 0.6) is 0 Å². The molecule has 2 rings (SSSR count). The van der Waals surface area contributed by atoms with Gasteiger partial charge in [0.25, 0.3) is 0 Å². The molecule has 1 aromatic heterocycles. The molecule has 1 aliphatic rings. The van der Waals surface area contributed by atoms with Gasteiger partial charge in [-0.1, -0.05) is 32.4 Å². The fraction of sp³-hybridized carbons (Fsp3) is 0.706. The normalized spacial score (nSPS) is 27.6. The molecule has 0 saturated heterocycles. The van der Waals surface area contributed by atoms with E-state index in [1.807, 2.05) is 12.3 Å². The Morgan fingerprint density at radius 1 is 1.35 bits per heavy atom. The summed E-state index contributed by atoms with van der Waals surface area (Å²) in [7, 11) is 0. The third kappa shape index (κ3) is 3.53. The molecule has 0 bridgehead atoms. The highest BCUT2D eigenvalue weighted by atomic mass is 35.5. The average molecular weight is 295 g/mol. The molecule has 1 fully saturated rings. The van der Waals surface area contributed by atoms with Gasteiger partial charge in [0, 0.05) is 12.4 Å². The number of aromatic nitrogens is 1. The highest BCUT2D eigenvalue weighted by Crippen LogP contribution is 2.46. The van der Waals surface area contributed by atoms with Crippen LogP contribution in [0.3, 0.4) is 0 Å². The van der Waals surface area contributed by atoms with Gasteiger partial charge in [-0.15, -0.1) is 0 Å². The molecule has 1 saturated carbocycles. The topological polar surface area (TPSA) is 38.9 Å². The number of nitrogens with two attached hydrogens (primary N) is 1. The summed E-state index contributed by atoms with van der Waals surface area (Å²) in [6.07, 6.45) is 9.54. The Morgan fingerprint density at radius 2 is 2.00 bits per heavy atom. The molecule has 0 atom stereocenters. The molecule has 2 nitrogen and oxygen atoms in total. The van der Waals surface area contributed by atoms with Crippen LogP contribution in [0.4, 0.5) is 0 Å². The van der Waals surface area contributed by atoms with E-state index < -0.39 is 0 Å². The van der Waals surface area contributed by atoms with Gasteiger partial charge in [0.05, 0.1) is 5.02 Å².